The molecular weight excluding hydrogens is 300 g/mol. The largest absolute Gasteiger partial charge is 0.330 e. The van der Waals surface area contributed by atoms with Crippen LogP contribution in [0.1, 0.15) is 18.4 Å². The molecule has 2 nitrogen and oxygen atoms in total. The van der Waals surface area contributed by atoms with E-state index >= 15 is 0 Å². The summed E-state index contributed by atoms with van der Waals surface area (Å²) in [5.74, 6) is 0.666. The van der Waals surface area contributed by atoms with Crippen molar-refractivity contribution in [3.05, 3.63) is 33.3 Å². The molecule has 1 aliphatic rings. The summed E-state index contributed by atoms with van der Waals surface area (Å²) in [6.07, 6.45) is 2.54. The minimum atomic E-state index is 0.666. The monoisotopic (exact) mass is 316 g/mol. The summed E-state index contributed by atoms with van der Waals surface area (Å²) in [5, 5.41) is 0.771. The number of piperidine rings is 1. The third kappa shape index (κ3) is 3.68. The Balaban J connectivity index is 1.97. The maximum absolute atomic E-state index is 5.99. The highest BCUT2D eigenvalue weighted by Crippen LogP contribution is 2.25. The second-order valence-corrected chi connectivity index (χ2v) is 5.99. The number of nitrogens with zero attached hydrogens (tertiary/aromatic N) is 1. The molecule has 94 valence electrons. The van der Waals surface area contributed by atoms with Crippen LogP contribution in [0.25, 0.3) is 0 Å². The van der Waals surface area contributed by atoms with Crippen molar-refractivity contribution in [3.63, 3.8) is 0 Å². The number of hydrogen-bond donors (Lipinski definition) is 1. The number of rotatable bonds is 3. The highest BCUT2D eigenvalue weighted by atomic mass is 79.9. The molecule has 0 spiro atoms. The lowest BCUT2D eigenvalue weighted by Crippen LogP contribution is -2.37. The van der Waals surface area contributed by atoms with Crippen LogP contribution in [0.15, 0.2) is 22.7 Å². The van der Waals surface area contributed by atoms with Gasteiger partial charge in [-0.25, -0.2) is 0 Å². The first-order chi connectivity index (χ1) is 8.19. The van der Waals surface area contributed by atoms with Gasteiger partial charge >= 0.3 is 0 Å². The number of nitrogens with two attached hydrogens (primary N) is 1. The Morgan fingerprint density at radius 2 is 2.29 bits per heavy atom. The predicted molar refractivity (Wildman–Crippen MR) is 76.2 cm³/mol. The number of hydrogen-bond acceptors (Lipinski definition) is 2. The minimum Gasteiger partial charge on any atom is -0.330 e. The van der Waals surface area contributed by atoms with Crippen LogP contribution in [0.2, 0.25) is 5.02 Å². The molecule has 1 aromatic rings. The van der Waals surface area contributed by atoms with Crippen LogP contribution in [-0.2, 0) is 6.54 Å². The normalized spacial score (nSPS) is 21.7. The molecule has 0 bridgehead atoms. The van der Waals surface area contributed by atoms with Gasteiger partial charge in [-0.1, -0.05) is 17.7 Å². The molecule has 1 fully saturated rings. The molecule has 0 amide bonds. The molecular formula is C13H18BrClN2. The van der Waals surface area contributed by atoms with Crippen LogP contribution in [0.5, 0.6) is 0 Å². The molecule has 4 heteroatoms. The van der Waals surface area contributed by atoms with Gasteiger partial charge in [0.05, 0.1) is 5.02 Å². The number of likely N-dealkylation sites (tertiary alicyclic amines) is 1. The Kier molecular flexibility index (Phi) is 4.86. The van der Waals surface area contributed by atoms with Crippen molar-refractivity contribution >= 4 is 27.5 Å². The average Bonchev–Trinajstić information content (AvgIpc) is 2.34. The predicted octanol–water partition coefficient (Wildman–Crippen LogP) is 3.27. The number of benzene rings is 1. The van der Waals surface area contributed by atoms with Gasteiger partial charge in [-0.05, 0) is 65.5 Å². The van der Waals surface area contributed by atoms with E-state index < -0.39 is 0 Å². The zero-order valence-corrected chi connectivity index (χ0v) is 12.2. The van der Waals surface area contributed by atoms with Crippen molar-refractivity contribution < 1.29 is 0 Å². The first kappa shape index (κ1) is 13.3. The zero-order chi connectivity index (χ0) is 12.3. The highest BCUT2D eigenvalue weighted by Gasteiger charge is 2.18. The Hall–Kier alpha value is -0.0900. The van der Waals surface area contributed by atoms with E-state index in [4.69, 9.17) is 17.3 Å². The van der Waals surface area contributed by atoms with Gasteiger partial charge in [0.2, 0.25) is 0 Å². The van der Waals surface area contributed by atoms with Gasteiger partial charge in [0.1, 0.15) is 0 Å². The van der Waals surface area contributed by atoms with E-state index in [1.165, 1.54) is 24.9 Å². The molecule has 1 saturated heterocycles. The van der Waals surface area contributed by atoms with E-state index in [2.05, 4.69) is 33.0 Å². The highest BCUT2D eigenvalue weighted by molar-refractivity contribution is 9.10. The Labute approximate surface area is 116 Å². The van der Waals surface area contributed by atoms with E-state index in [1.54, 1.807) is 0 Å². The molecule has 0 aromatic heterocycles. The van der Waals surface area contributed by atoms with Gasteiger partial charge in [0.25, 0.3) is 0 Å². The van der Waals surface area contributed by atoms with Gasteiger partial charge in [0.15, 0.2) is 0 Å². The summed E-state index contributed by atoms with van der Waals surface area (Å²) in [5.41, 5.74) is 7.06. The van der Waals surface area contributed by atoms with Crippen LogP contribution in [0.3, 0.4) is 0 Å². The molecule has 0 radical (unpaired) electrons. The Morgan fingerprint density at radius 3 is 3.00 bits per heavy atom. The molecule has 1 atom stereocenters. The molecule has 1 aliphatic heterocycles. The lowest BCUT2D eigenvalue weighted by molar-refractivity contribution is 0.171. The summed E-state index contributed by atoms with van der Waals surface area (Å²) in [7, 11) is 0. The fraction of sp³-hybridized carbons (Fsp3) is 0.538. The molecule has 1 aromatic carbocycles. The van der Waals surface area contributed by atoms with Gasteiger partial charge in [-0.3, -0.25) is 4.90 Å². The summed E-state index contributed by atoms with van der Waals surface area (Å²) >= 11 is 9.46. The van der Waals surface area contributed by atoms with E-state index in [0.29, 0.717) is 5.92 Å². The Bertz CT molecular complexity index is 384. The van der Waals surface area contributed by atoms with Crippen molar-refractivity contribution in [1.29, 1.82) is 0 Å². The summed E-state index contributed by atoms with van der Waals surface area (Å²) in [6.45, 7) is 4.10. The fourth-order valence-electron chi connectivity index (χ4n) is 2.38. The van der Waals surface area contributed by atoms with E-state index in [-0.39, 0.29) is 0 Å². The quantitative estimate of drug-likeness (QED) is 0.927. The first-order valence-corrected chi connectivity index (χ1v) is 7.22. The van der Waals surface area contributed by atoms with Crippen LogP contribution < -0.4 is 5.73 Å². The molecule has 0 aliphatic carbocycles. The zero-order valence-electron chi connectivity index (χ0n) is 9.83. The fourth-order valence-corrected chi connectivity index (χ4v) is 2.93. The summed E-state index contributed by atoms with van der Waals surface area (Å²) < 4.78 is 0.976. The van der Waals surface area contributed by atoms with E-state index in [1.807, 2.05) is 6.07 Å². The molecule has 1 unspecified atom stereocenters. The van der Waals surface area contributed by atoms with Gasteiger partial charge in [-0.15, -0.1) is 0 Å². The van der Waals surface area contributed by atoms with Crippen molar-refractivity contribution in [2.75, 3.05) is 19.6 Å². The Morgan fingerprint density at radius 1 is 1.47 bits per heavy atom. The lowest BCUT2D eigenvalue weighted by Gasteiger charge is -2.32. The molecule has 2 N–H and O–H groups in total. The van der Waals surface area contributed by atoms with E-state index in [9.17, 15) is 0 Å². The third-order valence-electron chi connectivity index (χ3n) is 3.33. The van der Waals surface area contributed by atoms with Crippen LogP contribution >= 0.6 is 27.5 Å². The maximum atomic E-state index is 5.99. The van der Waals surface area contributed by atoms with Crippen LogP contribution in [-0.4, -0.2) is 24.5 Å². The number of halogens is 2. The SMILES string of the molecule is NCC1CCCN(Cc2ccc(Cl)c(Br)c2)C1. The van der Waals surface area contributed by atoms with E-state index in [0.717, 1.165) is 29.1 Å². The molecule has 1 heterocycles. The molecule has 17 heavy (non-hydrogen) atoms. The smallest absolute Gasteiger partial charge is 0.0548 e. The molecule has 2 rings (SSSR count). The minimum absolute atomic E-state index is 0.666. The second kappa shape index (κ2) is 6.19. The topological polar surface area (TPSA) is 29.3 Å². The van der Waals surface area contributed by atoms with Crippen molar-refractivity contribution in [1.82, 2.24) is 4.90 Å². The summed E-state index contributed by atoms with van der Waals surface area (Å²) in [6, 6.07) is 6.15. The first-order valence-electron chi connectivity index (χ1n) is 6.05. The van der Waals surface area contributed by atoms with Gasteiger partial charge in [-0.2, -0.15) is 0 Å². The van der Waals surface area contributed by atoms with Gasteiger partial charge < -0.3 is 5.73 Å². The van der Waals surface area contributed by atoms with Crippen LogP contribution in [0.4, 0.5) is 0 Å². The third-order valence-corrected chi connectivity index (χ3v) is 4.54. The second-order valence-electron chi connectivity index (χ2n) is 4.73. The standard InChI is InChI=1S/C13H18BrClN2/c14-12-6-10(3-4-13(12)15)8-17-5-1-2-11(7-16)9-17/h3-4,6,11H,1-2,5,7-9,16H2. The van der Waals surface area contributed by atoms with Crippen molar-refractivity contribution in [3.8, 4) is 0 Å². The summed E-state index contributed by atoms with van der Waals surface area (Å²) in [4.78, 5) is 2.48. The maximum Gasteiger partial charge on any atom is 0.0548 e. The molecule has 0 saturated carbocycles. The lowest BCUT2D eigenvalue weighted by atomic mass is 9.98. The van der Waals surface area contributed by atoms with Crippen LogP contribution in [0, 0.1) is 5.92 Å². The van der Waals surface area contributed by atoms with Crippen molar-refractivity contribution in [2.24, 2.45) is 11.7 Å². The van der Waals surface area contributed by atoms with Gasteiger partial charge in [0, 0.05) is 17.6 Å². The average molecular weight is 318 g/mol. The van der Waals surface area contributed by atoms with Crippen molar-refractivity contribution in [2.45, 2.75) is 19.4 Å².